The quantitative estimate of drug-likeness (QED) is 0.670. The lowest BCUT2D eigenvalue weighted by molar-refractivity contribution is -0.137. The highest BCUT2D eigenvalue weighted by Gasteiger charge is 2.30. The Hall–Kier alpha value is -3.69. The zero-order valence-electron chi connectivity index (χ0n) is 16.7. The SMILES string of the molecule is CCC(=O)N(C)c1nc2ccccc2n(CC(=O)Nc2cccc(C(F)(F)F)c2)c1=O. The molecule has 1 heterocycles. The van der Waals surface area contributed by atoms with Gasteiger partial charge in [-0.2, -0.15) is 13.2 Å². The Labute approximate surface area is 175 Å². The van der Waals surface area contributed by atoms with Gasteiger partial charge >= 0.3 is 6.18 Å². The molecule has 0 saturated carbocycles. The first kappa shape index (κ1) is 22.0. The molecule has 0 aliphatic heterocycles. The number of carbonyl (C=O) groups excluding carboxylic acids is 2. The highest BCUT2D eigenvalue weighted by molar-refractivity contribution is 5.94. The number of hydrogen-bond acceptors (Lipinski definition) is 4. The Morgan fingerprint density at radius 1 is 1.13 bits per heavy atom. The van der Waals surface area contributed by atoms with Gasteiger partial charge in [-0.3, -0.25) is 23.9 Å². The number of anilines is 2. The van der Waals surface area contributed by atoms with Gasteiger partial charge in [-0.1, -0.05) is 25.1 Å². The molecule has 1 aromatic heterocycles. The average molecular weight is 432 g/mol. The maximum absolute atomic E-state index is 13.0. The Morgan fingerprint density at radius 2 is 1.84 bits per heavy atom. The molecule has 0 fully saturated rings. The van der Waals surface area contributed by atoms with E-state index in [9.17, 15) is 27.6 Å². The predicted octanol–water partition coefficient (Wildman–Crippen LogP) is 3.43. The Balaban J connectivity index is 1.97. The van der Waals surface area contributed by atoms with E-state index in [1.807, 2.05) is 0 Å². The second-order valence-electron chi connectivity index (χ2n) is 6.75. The van der Waals surface area contributed by atoms with E-state index in [0.717, 1.165) is 21.6 Å². The monoisotopic (exact) mass is 432 g/mol. The third kappa shape index (κ3) is 4.73. The van der Waals surface area contributed by atoms with Crippen molar-refractivity contribution in [3.8, 4) is 0 Å². The summed E-state index contributed by atoms with van der Waals surface area (Å²) in [7, 11) is 1.41. The molecule has 31 heavy (non-hydrogen) atoms. The molecular formula is C21H19F3N4O3. The van der Waals surface area contributed by atoms with E-state index < -0.39 is 29.8 Å². The lowest BCUT2D eigenvalue weighted by Crippen LogP contribution is -2.36. The summed E-state index contributed by atoms with van der Waals surface area (Å²) in [6.45, 7) is 1.17. The van der Waals surface area contributed by atoms with E-state index in [2.05, 4.69) is 10.3 Å². The molecule has 162 valence electrons. The molecule has 1 N–H and O–H groups in total. The van der Waals surface area contributed by atoms with E-state index in [1.165, 1.54) is 19.2 Å². The summed E-state index contributed by atoms with van der Waals surface area (Å²) in [5, 5.41) is 2.38. The van der Waals surface area contributed by atoms with Crippen LogP contribution in [0.4, 0.5) is 24.7 Å². The second-order valence-corrected chi connectivity index (χ2v) is 6.75. The van der Waals surface area contributed by atoms with Crippen LogP contribution in [-0.4, -0.2) is 28.4 Å². The average Bonchev–Trinajstić information content (AvgIpc) is 2.74. The van der Waals surface area contributed by atoms with Gasteiger partial charge in [0.15, 0.2) is 0 Å². The number of para-hydroxylation sites is 2. The van der Waals surface area contributed by atoms with Crippen molar-refractivity contribution in [1.82, 2.24) is 9.55 Å². The Bertz CT molecular complexity index is 1200. The number of alkyl halides is 3. The molecule has 0 unspecified atom stereocenters. The van der Waals surface area contributed by atoms with Gasteiger partial charge in [0.2, 0.25) is 17.6 Å². The Morgan fingerprint density at radius 3 is 2.52 bits per heavy atom. The molecule has 2 amide bonds. The molecule has 0 aliphatic rings. The van der Waals surface area contributed by atoms with Gasteiger partial charge in [-0.25, -0.2) is 4.98 Å². The fraction of sp³-hybridized carbons (Fsp3) is 0.238. The summed E-state index contributed by atoms with van der Waals surface area (Å²) in [6.07, 6.45) is -4.40. The minimum absolute atomic E-state index is 0.0512. The van der Waals surface area contributed by atoms with Crippen LogP contribution in [0, 0.1) is 0 Å². The van der Waals surface area contributed by atoms with Crippen molar-refractivity contribution in [3.63, 3.8) is 0 Å². The van der Waals surface area contributed by atoms with Crippen LogP contribution in [0.25, 0.3) is 11.0 Å². The molecule has 0 atom stereocenters. The van der Waals surface area contributed by atoms with Crippen molar-refractivity contribution in [2.45, 2.75) is 26.1 Å². The van der Waals surface area contributed by atoms with Crippen molar-refractivity contribution >= 4 is 34.4 Å². The van der Waals surface area contributed by atoms with Crippen LogP contribution in [0.15, 0.2) is 53.3 Å². The molecule has 7 nitrogen and oxygen atoms in total. The number of fused-ring (bicyclic) bond motifs is 1. The number of nitrogens with one attached hydrogen (secondary N) is 1. The predicted molar refractivity (Wildman–Crippen MR) is 110 cm³/mol. The fourth-order valence-electron chi connectivity index (χ4n) is 3.03. The fourth-order valence-corrected chi connectivity index (χ4v) is 3.03. The number of benzene rings is 2. The first-order chi connectivity index (χ1) is 14.6. The van der Waals surface area contributed by atoms with Gasteiger partial charge in [-0.15, -0.1) is 0 Å². The second kappa shape index (κ2) is 8.58. The molecule has 10 heteroatoms. The zero-order chi connectivity index (χ0) is 22.8. The molecule has 0 saturated heterocycles. The minimum Gasteiger partial charge on any atom is -0.325 e. The van der Waals surface area contributed by atoms with Crippen LogP contribution in [0.1, 0.15) is 18.9 Å². The number of carbonyl (C=O) groups is 2. The largest absolute Gasteiger partial charge is 0.416 e. The van der Waals surface area contributed by atoms with Crippen LogP contribution in [0.3, 0.4) is 0 Å². The number of amides is 2. The molecule has 0 radical (unpaired) electrons. The van der Waals surface area contributed by atoms with Crippen molar-refractivity contribution in [2.24, 2.45) is 0 Å². The summed E-state index contributed by atoms with van der Waals surface area (Å²) < 4.78 is 39.8. The normalized spacial score (nSPS) is 11.4. The van der Waals surface area contributed by atoms with Crippen LogP contribution in [-0.2, 0) is 22.3 Å². The molecule has 2 aromatic carbocycles. The van der Waals surface area contributed by atoms with Crippen LogP contribution >= 0.6 is 0 Å². The summed E-state index contributed by atoms with van der Waals surface area (Å²) in [5.74, 6) is -1.18. The Kier molecular flexibility index (Phi) is 6.09. The van der Waals surface area contributed by atoms with Gasteiger partial charge in [0.1, 0.15) is 6.54 Å². The van der Waals surface area contributed by atoms with E-state index in [1.54, 1.807) is 31.2 Å². The molecule has 3 rings (SSSR count). The number of aromatic nitrogens is 2. The third-order valence-corrected chi connectivity index (χ3v) is 4.60. The lowest BCUT2D eigenvalue weighted by atomic mass is 10.2. The maximum atomic E-state index is 13.0. The van der Waals surface area contributed by atoms with Crippen LogP contribution in [0.5, 0.6) is 0 Å². The third-order valence-electron chi connectivity index (χ3n) is 4.60. The van der Waals surface area contributed by atoms with E-state index >= 15 is 0 Å². The topological polar surface area (TPSA) is 84.3 Å². The summed E-state index contributed by atoms with van der Waals surface area (Å²) in [5.41, 5.74) is -0.877. The van der Waals surface area contributed by atoms with E-state index in [0.29, 0.717) is 11.0 Å². The van der Waals surface area contributed by atoms with Crippen LogP contribution in [0.2, 0.25) is 0 Å². The summed E-state index contributed by atoms with van der Waals surface area (Å²) >= 11 is 0. The van der Waals surface area contributed by atoms with Crippen molar-refractivity contribution in [1.29, 1.82) is 0 Å². The smallest absolute Gasteiger partial charge is 0.325 e. The van der Waals surface area contributed by atoms with Crippen LogP contribution < -0.4 is 15.8 Å². The van der Waals surface area contributed by atoms with E-state index in [-0.39, 0.29) is 23.8 Å². The number of hydrogen-bond donors (Lipinski definition) is 1. The number of nitrogens with zero attached hydrogens (tertiary/aromatic N) is 3. The van der Waals surface area contributed by atoms with Gasteiger partial charge in [-0.05, 0) is 30.3 Å². The van der Waals surface area contributed by atoms with Crippen molar-refractivity contribution in [2.75, 3.05) is 17.3 Å². The molecule has 3 aromatic rings. The minimum atomic E-state index is -4.55. The van der Waals surface area contributed by atoms with Gasteiger partial charge in [0.25, 0.3) is 5.56 Å². The number of rotatable bonds is 5. The highest BCUT2D eigenvalue weighted by Crippen LogP contribution is 2.30. The van der Waals surface area contributed by atoms with Crippen molar-refractivity contribution in [3.05, 3.63) is 64.4 Å². The first-order valence-electron chi connectivity index (χ1n) is 9.35. The standard InChI is InChI=1S/C21H19F3N4O3/c1-3-18(30)27(2)19-20(31)28(16-10-5-4-9-15(16)26-19)12-17(29)25-14-8-6-7-13(11-14)21(22,23)24/h4-11H,3,12H2,1-2H3,(H,25,29). The zero-order valence-corrected chi connectivity index (χ0v) is 16.7. The molecule has 0 aliphatic carbocycles. The van der Waals surface area contributed by atoms with Gasteiger partial charge in [0, 0.05) is 19.2 Å². The first-order valence-corrected chi connectivity index (χ1v) is 9.35. The van der Waals surface area contributed by atoms with Gasteiger partial charge in [0.05, 0.1) is 16.6 Å². The van der Waals surface area contributed by atoms with Gasteiger partial charge < -0.3 is 5.32 Å². The summed E-state index contributed by atoms with van der Waals surface area (Å²) in [6, 6.07) is 10.8. The molecule has 0 spiro atoms. The maximum Gasteiger partial charge on any atom is 0.416 e. The van der Waals surface area contributed by atoms with Crippen molar-refractivity contribution < 1.29 is 22.8 Å². The molecule has 0 bridgehead atoms. The summed E-state index contributed by atoms with van der Waals surface area (Å²) in [4.78, 5) is 43.0. The molecular weight excluding hydrogens is 413 g/mol. The highest BCUT2D eigenvalue weighted by atomic mass is 19.4. The van der Waals surface area contributed by atoms with E-state index in [4.69, 9.17) is 0 Å². The number of halogens is 3. The lowest BCUT2D eigenvalue weighted by Gasteiger charge is -2.18.